The monoisotopic (exact) mass is 301 g/mol. The maximum atomic E-state index is 12.3. The van der Waals surface area contributed by atoms with Gasteiger partial charge in [0.25, 0.3) is 0 Å². The van der Waals surface area contributed by atoms with Gasteiger partial charge in [-0.25, -0.2) is 4.79 Å². The molecule has 0 unspecified atom stereocenters. The molecule has 1 amide bonds. The van der Waals surface area contributed by atoms with Gasteiger partial charge >= 0.3 is 5.97 Å². The highest BCUT2D eigenvalue weighted by Crippen LogP contribution is 2.25. The molecular formula is C17H19NO4. The van der Waals surface area contributed by atoms with Gasteiger partial charge in [-0.05, 0) is 42.2 Å². The SMILES string of the molecule is Cc1cc(C(=O)O)cc(C2=CCCN(C(=O)C3COC3)C2)c1. The molecule has 0 spiro atoms. The average Bonchev–Trinajstić information content (AvgIpc) is 2.45. The molecule has 0 atom stereocenters. The van der Waals surface area contributed by atoms with Crippen LogP contribution in [0.2, 0.25) is 0 Å². The second kappa shape index (κ2) is 5.93. The fourth-order valence-corrected chi connectivity index (χ4v) is 2.87. The predicted molar refractivity (Wildman–Crippen MR) is 81.6 cm³/mol. The number of amides is 1. The molecule has 2 aliphatic heterocycles. The Balaban J connectivity index is 1.81. The fourth-order valence-electron chi connectivity index (χ4n) is 2.87. The van der Waals surface area contributed by atoms with Crippen LogP contribution in [0.1, 0.15) is 27.9 Å². The first kappa shape index (κ1) is 14.8. The predicted octanol–water partition coefficient (Wildman–Crippen LogP) is 1.96. The van der Waals surface area contributed by atoms with Crippen molar-refractivity contribution in [3.63, 3.8) is 0 Å². The van der Waals surface area contributed by atoms with Crippen LogP contribution in [-0.2, 0) is 9.53 Å². The van der Waals surface area contributed by atoms with Crippen LogP contribution in [-0.4, -0.2) is 48.2 Å². The first-order valence-corrected chi connectivity index (χ1v) is 7.45. The lowest BCUT2D eigenvalue weighted by atomic mass is 9.96. The van der Waals surface area contributed by atoms with Crippen LogP contribution in [0.5, 0.6) is 0 Å². The number of aromatic carboxylic acids is 1. The molecule has 5 heteroatoms. The number of hydrogen-bond acceptors (Lipinski definition) is 3. The third-order valence-electron chi connectivity index (χ3n) is 4.15. The van der Waals surface area contributed by atoms with E-state index in [0.29, 0.717) is 19.8 Å². The molecule has 1 aromatic rings. The van der Waals surface area contributed by atoms with Crippen LogP contribution in [0.4, 0.5) is 0 Å². The van der Waals surface area contributed by atoms with Crippen LogP contribution in [0.3, 0.4) is 0 Å². The van der Waals surface area contributed by atoms with Crippen molar-refractivity contribution in [2.24, 2.45) is 5.92 Å². The van der Waals surface area contributed by atoms with Crippen LogP contribution in [0.15, 0.2) is 24.3 Å². The van der Waals surface area contributed by atoms with Crippen LogP contribution >= 0.6 is 0 Å². The van der Waals surface area contributed by atoms with Gasteiger partial charge < -0.3 is 14.7 Å². The van der Waals surface area contributed by atoms with E-state index in [2.05, 4.69) is 6.08 Å². The molecule has 0 bridgehead atoms. The van der Waals surface area contributed by atoms with Crippen molar-refractivity contribution in [3.8, 4) is 0 Å². The van der Waals surface area contributed by atoms with Crippen molar-refractivity contribution in [1.29, 1.82) is 0 Å². The van der Waals surface area contributed by atoms with E-state index in [4.69, 9.17) is 4.74 Å². The summed E-state index contributed by atoms with van der Waals surface area (Å²) < 4.78 is 5.09. The zero-order valence-corrected chi connectivity index (χ0v) is 12.5. The van der Waals surface area contributed by atoms with Gasteiger partial charge in [0.2, 0.25) is 5.91 Å². The summed E-state index contributed by atoms with van der Waals surface area (Å²) in [6, 6.07) is 5.31. The minimum absolute atomic E-state index is 0.00793. The Kier molecular flexibility index (Phi) is 3.98. The van der Waals surface area contributed by atoms with Gasteiger partial charge in [0, 0.05) is 13.1 Å². The third-order valence-corrected chi connectivity index (χ3v) is 4.15. The maximum Gasteiger partial charge on any atom is 0.335 e. The van der Waals surface area contributed by atoms with E-state index in [-0.39, 0.29) is 17.4 Å². The number of benzene rings is 1. The number of ether oxygens (including phenoxy) is 1. The summed E-state index contributed by atoms with van der Waals surface area (Å²) in [5, 5.41) is 9.19. The lowest BCUT2D eigenvalue weighted by Crippen LogP contribution is -2.46. The molecule has 5 nitrogen and oxygen atoms in total. The Morgan fingerprint density at radius 2 is 2.05 bits per heavy atom. The van der Waals surface area contributed by atoms with Crippen molar-refractivity contribution >= 4 is 17.4 Å². The largest absolute Gasteiger partial charge is 0.478 e. The molecule has 2 aliphatic rings. The van der Waals surface area contributed by atoms with E-state index in [9.17, 15) is 14.7 Å². The van der Waals surface area contributed by atoms with Gasteiger partial charge in [0.05, 0.1) is 24.7 Å². The minimum atomic E-state index is -0.930. The van der Waals surface area contributed by atoms with Gasteiger partial charge in [-0.1, -0.05) is 12.1 Å². The van der Waals surface area contributed by atoms with E-state index >= 15 is 0 Å². The van der Waals surface area contributed by atoms with Crippen molar-refractivity contribution in [2.75, 3.05) is 26.3 Å². The number of carboxylic acid groups (broad SMARTS) is 1. The molecule has 1 saturated heterocycles. The highest BCUT2D eigenvalue weighted by atomic mass is 16.5. The van der Waals surface area contributed by atoms with E-state index in [1.807, 2.05) is 17.9 Å². The minimum Gasteiger partial charge on any atom is -0.478 e. The van der Waals surface area contributed by atoms with Gasteiger partial charge in [-0.3, -0.25) is 4.79 Å². The molecule has 0 aliphatic carbocycles. The van der Waals surface area contributed by atoms with E-state index in [1.54, 1.807) is 12.1 Å². The number of hydrogen-bond donors (Lipinski definition) is 1. The Morgan fingerprint density at radius 3 is 2.68 bits per heavy atom. The number of rotatable bonds is 3. The molecule has 1 fully saturated rings. The van der Waals surface area contributed by atoms with Gasteiger partial charge in [-0.15, -0.1) is 0 Å². The topological polar surface area (TPSA) is 66.8 Å². The van der Waals surface area contributed by atoms with E-state index < -0.39 is 5.97 Å². The first-order chi connectivity index (χ1) is 10.5. The average molecular weight is 301 g/mol. The summed E-state index contributed by atoms with van der Waals surface area (Å²) >= 11 is 0. The number of aryl methyl sites for hydroxylation is 1. The second-order valence-corrected chi connectivity index (χ2v) is 5.91. The molecule has 22 heavy (non-hydrogen) atoms. The lowest BCUT2D eigenvalue weighted by molar-refractivity contribution is -0.149. The van der Waals surface area contributed by atoms with Crippen molar-refractivity contribution in [3.05, 3.63) is 41.0 Å². The van der Waals surface area contributed by atoms with Gasteiger partial charge in [0.1, 0.15) is 0 Å². The first-order valence-electron chi connectivity index (χ1n) is 7.45. The number of carbonyl (C=O) groups excluding carboxylic acids is 1. The molecular weight excluding hydrogens is 282 g/mol. The smallest absolute Gasteiger partial charge is 0.335 e. The summed E-state index contributed by atoms with van der Waals surface area (Å²) in [6.07, 6.45) is 2.90. The molecule has 0 aromatic heterocycles. The molecule has 0 saturated carbocycles. The Bertz CT molecular complexity index is 646. The Hall–Kier alpha value is -2.14. The molecule has 0 radical (unpaired) electrons. The molecule has 116 valence electrons. The summed E-state index contributed by atoms with van der Waals surface area (Å²) in [4.78, 5) is 25.4. The fraction of sp³-hybridized carbons (Fsp3) is 0.412. The number of carboxylic acids is 1. The van der Waals surface area contributed by atoms with E-state index in [1.165, 1.54) is 0 Å². The van der Waals surface area contributed by atoms with Gasteiger partial charge in [0.15, 0.2) is 0 Å². The highest BCUT2D eigenvalue weighted by Gasteiger charge is 2.31. The molecule has 1 aromatic carbocycles. The zero-order chi connectivity index (χ0) is 15.7. The van der Waals surface area contributed by atoms with Crippen molar-refractivity contribution in [2.45, 2.75) is 13.3 Å². The third kappa shape index (κ3) is 2.90. The molecule has 2 heterocycles. The highest BCUT2D eigenvalue weighted by molar-refractivity contribution is 5.90. The van der Waals surface area contributed by atoms with Crippen LogP contribution < -0.4 is 0 Å². The Morgan fingerprint density at radius 1 is 1.27 bits per heavy atom. The summed E-state index contributed by atoms with van der Waals surface area (Å²) in [5.74, 6) is -0.796. The molecule has 1 N–H and O–H groups in total. The number of nitrogens with zero attached hydrogens (tertiary/aromatic N) is 1. The summed E-state index contributed by atoms with van der Waals surface area (Å²) in [6.45, 7) is 4.17. The van der Waals surface area contributed by atoms with E-state index in [0.717, 1.165) is 29.7 Å². The number of carbonyl (C=O) groups is 2. The quantitative estimate of drug-likeness (QED) is 0.926. The molecule has 3 rings (SSSR count). The van der Waals surface area contributed by atoms with Crippen LogP contribution in [0, 0.1) is 12.8 Å². The lowest BCUT2D eigenvalue weighted by Gasteiger charge is -2.34. The van der Waals surface area contributed by atoms with Crippen molar-refractivity contribution in [1.82, 2.24) is 4.90 Å². The zero-order valence-electron chi connectivity index (χ0n) is 12.5. The summed E-state index contributed by atoms with van der Waals surface area (Å²) in [5.41, 5.74) is 3.10. The van der Waals surface area contributed by atoms with Gasteiger partial charge in [-0.2, -0.15) is 0 Å². The standard InChI is InChI=1S/C17H19NO4/c1-11-5-13(7-14(6-11)17(20)21)12-3-2-4-18(8-12)16(19)15-9-22-10-15/h3,5-7,15H,2,4,8-10H2,1H3,(H,20,21). The van der Waals surface area contributed by atoms with Crippen molar-refractivity contribution < 1.29 is 19.4 Å². The normalized spacial score (nSPS) is 18.6. The van der Waals surface area contributed by atoms with Crippen LogP contribution in [0.25, 0.3) is 5.57 Å². The second-order valence-electron chi connectivity index (χ2n) is 5.91. The maximum absolute atomic E-state index is 12.3. The summed E-state index contributed by atoms with van der Waals surface area (Å²) in [7, 11) is 0. The Labute approximate surface area is 129 Å².